The summed E-state index contributed by atoms with van der Waals surface area (Å²) in [5, 5.41) is 0.715. The van der Waals surface area contributed by atoms with Crippen molar-refractivity contribution in [3.8, 4) is 5.75 Å². The smallest absolute Gasteiger partial charge is 0.222 e. The first-order valence-corrected chi connectivity index (χ1v) is 9.58. The maximum absolute atomic E-state index is 13.9. The number of para-hydroxylation sites is 1. The number of aryl methyl sites for hydroxylation is 1. The number of halogens is 2. The summed E-state index contributed by atoms with van der Waals surface area (Å²) < 4.78 is 19.6. The zero-order valence-corrected chi connectivity index (χ0v) is 16.2. The number of carbonyl (C=O) groups excluding carboxylic acids is 1. The topological polar surface area (TPSA) is 32.8 Å². The molecule has 4 nitrogen and oxygen atoms in total. The van der Waals surface area contributed by atoms with Gasteiger partial charge in [-0.3, -0.25) is 4.79 Å². The third-order valence-electron chi connectivity index (χ3n) is 4.76. The number of hydrogen-bond donors (Lipinski definition) is 0. The van der Waals surface area contributed by atoms with Crippen molar-refractivity contribution in [1.82, 2.24) is 4.90 Å². The van der Waals surface area contributed by atoms with Crippen LogP contribution in [-0.4, -0.2) is 43.6 Å². The lowest BCUT2D eigenvalue weighted by Crippen LogP contribution is -2.49. The SMILES string of the molecule is Cc1cc(OCCCC(=O)N2CCN(c3ccccc3F)CC2)ccc1Cl. The Labute approximate surface area is 164 Å². The predicted molar refractivity (Wildman–Crippen MR) is 106 cm³/mol. The first-order chi connectivity index (χ1) is 13.0. The molecule has 144 valence electrons. The number of anilines is 1. The van der Waals surface area contributed by atoms with Crippen LogP contribution in [-0.2, 0) is 4.79 Å². The van der Waals surface area contributed by atoms with Crippen molar-refractivity contribution in [2.45, 2.75) is 19.8 Å². The molecular weight excluding hydrogens is 367 g/mol. The number of ether oxygens (including phenoxy) is 1. The minimum absolute atomic E-state index is 0.124. The number of amides is 1. The van der Waals surface area contributed by atoms with E-state index < -0.39 is 0 Å². The normalized spacial score (nSPS) is 14.3. The van der Waals surface area contributed by atoms with E-state index >= 15 is 0 Å². The second-order valence-corrected chi connectivity index (χ2v) is 7.09. The van der Waals surface area contributed by atoms with Crippen molar-refractivity contribution in [1.29, 1.82) is 0 Å². The van der Waals surface area contributed by atoms with E-state index in [1.807, 2.05) is 41.0 Å². The van der Waals surface area contributed by atoms with Gasteiger partial charge in [-0.2, -0.15) is 0 Å². The van der Waals surface area contributed by atoms with Crippen LogP contribution >= 0.6 is 11.6 Å². The molecule has 1 heterocycles. The number of carbonyl (C=O) groups is 1. The Morgan fingerprint density at radius 3 is 2.59 bits per heavy atom. The highest BCUT2D eigenvalue weighted by molar-refractivity contribution is 6.31. The Hall–Kier alpha value is -2.27. The average molecular weight is 391 g/mol. The van der Waals surface area contributed by atoms with Crippen LogP contribution in [0, 0.1) is 12.7 Å². The number of hydrogen-bond acceptors (Lipinski definition) is 3. The molecule has 2 aromatic carbocycles. The van der Waals surface area contributed by atoms with Crippen LogP contribution in [0.3, 0.4) is 0 Å². The third kappa shape index (κ3) is 5.13. The Morgan fingerprint density at radius 2 is 1.89 bits per heavy atom. The first kappa shape index (κ1) is 19.5. The van der Waals surface area contributed by atoms with Gasteiger partial charge in [0.15, 0.2) is 0 Å². The van der Waals surface area contributed by atoms with Gasteiger partial charge in [0.1, 0.15) is 11.6 Å². The Morgan fingerprint density at radius 1 is 1.15 bits per heavy atom. The number of rotatable bonds is 6. The fourth-order valence-corrected chi connectivity index (χ4v) is 3.30. The molecule has 0 saturated carbocycles. The van der Waals surface area contributed by atoms with Gasteiger partial charge in [-0.05, 0) is 49.2 Å². The van der Waals surface area contributed by atoms with Crippen LogP contribution in [0.1, 0.15) is 18.4 Å². The Bertz CT molecular complexity index is 792. The van der Waals surface area contributed by atoms with Crippen LogP contribution < -0.4 is 9.64 Å². The average Bonchev–Trinajstić information content (AvgIpc) is 2.68. The standard InChI is InChI=1S/C21H24ClFN2O2/c1-16-15-17(8-9-18(16)22)27-14-4-7-21(26)25-12-10-24(11-13-25)20-6-3-2-5-19(20)23/h2-3,5-6,8-9,15H,4,7,10-14H2,1H3. The fraction of sp³-hybridized carbons (Fsp3) is 0.381. The Balaban J connectivity index is 1.39. The molecular formula is C21H24ClFN2O2. The van der Waals surface area contributed by atoms with Gasteiger partial charge in [0.05, 0.1) is 12.3 Å². The Kier molecular flexibility index (Phi) is 6.56. The van der Waals surface area contributed by atoms with Crippen LogP contribution in [0.15, 0.2) is 42.5 Å². The first-order valence-electron chi connectivity index (χ1n) is 9.21. The van der Waals surface area contributed by atoms with Gasteiger partial charge >= 0.3 is 0 Å². The zero-order valence-electron chi connectivity index (χ0n) is 15.5. The van der Waals surface area contributed by atoms with E-state index in [2.05, 4.69) is 0 Å². The van der Waals surface area contributed by atoms with E-state index in [1.165, 1.54) is 6.07 Å². The second-order valence-electron chi connectivity index (χ2n) is 6.68. The highest BCUT2D eigenvalue weighted by Gasteiger charge is 2.22. The van der Waals surface area contributed by atoms with Crippen LogP contribution in [0.25, 0.3) is 0 Å². The lowest BCUT2D eigenvalue weighted by molar-refractivity contribution is -0.131. The maximum Gasteiger partial charge on any atom is 0.222 e. The summed E-state index contributed by atoms with van der Waals surface area (Å²) in [6, 6.07) is 12.3. The molecule has 0 atom stereocenters. The van der Waals surface area contributed by atoms with Gasteiger partial charge < -0.3 is 14.5 Å². The van der Waals surface area contributed by atoms with Crippen molar-refractivity contribution in [2.24, 2.45) is 0 Å². The summed E-state index contributed by atoms with van der Waals surface area (Å²) in [4.78, 5) is 16.2. The maximum atomic E-state index is 13.9. The predicted octanol–water partition coefficient (Wildman–Crippen LogP) is 4.30. The fourth-order valence-electron chi connectivity index (χ4n) is 3.18. The monoisotopic (exact) mass is 390 g/mol. The van der Waals surface area contributed by atoms with E-state index in [-0.39, 0.29) is 11.7 Å². The van der Waals surface area contributed by atoms with Gasteiger partial charge in [0.25, 0.3) is 0 Å². The molecule has 3 rings (SSSR count). The molecule has 1 saturated heterocycles. The van der Waals surface area contributed by atoms with Crippen molar-refractivity contribution in [3.63, 3.8) is 0 Å². The van der Waals surface area contributed by atoms with E-state index in [4.69, 9.17) is 16.3 Å². The molecule has 0 bridgehead atoms. The van der Waals surface area contributed by atoms with Crippen molar-refractivity contribution < 1.29 is 13.9 Å². The summed E-state index contributed by atoms with van der Waals surface area (Å²) in [5.41, 5.74) is 1.58. The molecule has 1 amide bonds. The molecule has 0 spiro atoms. The molecule has 1 aliphatic heterocycles. The second kappa shape index (κ2) is 9.09. The molecule has 2 aromatic rings. The van der Waals surface area contributed by atoms with Crippen LogP contribution in [0.4, 0.5) is 10.1 Å². The molecule has 27 heavy (non-hydrogen) atoms. The van der Waals surface area contributed by atoms with Crippen LogP contribution in [0.5, 0.6) is 5.75 Å². The van der Waals surface area contributed by atoms with Gasteiger partial charge in [-0.1, -0.05) is 23.7 Å². The van der Waals surface area contributed by atoms with Crippen molar-refractivity contribution >= 4 is 23.2 Å². The number of nitrogens with zero attached hydrogens (tertiary/aromatic N) is 2. The van der Waals surface area contributed by atoms with Crippen LogP contribution in [0.2, 0.25) is 5.02 Å². The lowest BCUT2D eigenvalue weighted by atomic mass is 10.2. The summed E-state index contributed by atoms with van der Waals surface area (Å²) in [6.07, 6.45) is 1.11. The molecule has 0 N–H and O–H groups in total. The molecule has 0 radical (unpaired) electrons. The summed E-state index contributed by atoms with van der Waals surface area (Å²) in [7, 11) is 0. The molecule has 0 aromatic heterocycles. The quantitative estimate of drug-likeness (QED) is 0.689. The van der Waals surface area contributed by atoms with Gasteiger partial charge in [-0.15, -0.1) is 0 Å². The van der Waals surface area contributed by atoms with Gasteiger partial charge in [-0.25, -0.2) is 4.39 Å². The van der Waals surface area contributed by atoms with E-state index in [0.717, 1.165) is 11.3 Å². The van der Waals surface area contributed by atoms with Crippen molar-refractivity contribution in [3.05, 3.63) is 58.9 Å². The molecule has 0 unspecified atom stereocenters. The summed E-state index contributed by atoms with van der Waals surface area (Å²) >= 11 is 6.00. The van der Waals surface area contributed by atoms with E-state index in [1.54, 1.807) is 12.1 Å². The largest absolute Gasteiger partial charge is 0.494 e. The minimum Gasteiger partial charge on any atom is -0.494 e. The summed E-state index contributed by atoms with van der Waals surface area (Å²) in [6.45, 7) is 4.94. The van der Waals surface area contributed by atoms with Gasteiger partial charge in [0.2, 0.25) is 5.91 Å². The number of piperazine rings is 1. The lowest BCUT2D eigenvalue weighted by Gasteiger charge is -2.36. The van der Waals surface area contributed by atoms with Gasteiger partial charge in [0, 0.05) is 37.6 Å². The van der Waals surface area contributed by atoms with Crippen molar-refractivity contribution in [2.75, 3.05) is 37.7 Å². The molecule has 6 heteroatoms. The molecule has 0 aliphatic carbocycles. The zero-order chi connectivity index (χ0) is 19.2. The highest BCUT2D eigenvalue weighted by atomic mass is 35.5. The third-order valence-corrected chi connectivity index (χ3v) is 5.18. The summed E-state index contributed by atoms with van der Waals surface area (Å²) in [5.74, 6) is 0.675. The minimum atomic E-state index is -0.216. The number of benzene rings is 2. The molecule has 1 fully saturated rings. The van der Waals surface area contributed by atoms with E-state index in [9.17, 15) is 9.18 Å². The molecule has 1 aliphatic rings. The van der Waals surface area contributed by atoms with E-state index in [0.29, 0.717) is 56.3 Å². The highest BCUT2D eigenvalue weighted by Crippen LogP contribution is 2.22.